The van der Waals surface area contributed by atoms with Crippen LogP contribution in [0.2, 0.25) is 0 Å². The molecule has 0 radical (unpaired) electrons. The highest BCUT2D eigenvalue weighted by Crippen LogP contribution is 2.32. The third-order valence-corrected chi connectivity index (χ3v) is 5.88. The van der Waals surface area contributed by atoms with Gasteiger partial charge in [0.25, 0.3) is 11.6 Å². The number of hydrogen-bond donors (Lipinski definition) is 0. The molecule has 1 amide bonds. The maximum absolute atomic E-state index is 12.7. The maximum atomic E-state index is 12.7. The van der Waals surface area contributed by atoms with E-state index < -0.39 is 4.92 Å². The number of hydrogen-bond acceptors (Lipinski definition) is 4. The number of carbonyl (C=O) groups excluding carboxylic acids is 1. The molecule has 5 nitrogen and oxygen atoms in total. The lowest BCUT2D eigenvalue weighted by Gasteiger charge is -2.33. The molecule has 1 aromatic heterocycles. The van der Waals surface area contributed by atoms with E-state index in [1.807, 2.05) is 11.9 Å². The van der Waals surface area contributed by atoms with E-state index in [0.717, 1.165) is 28.8 Å². The first-order chi connectivity index (χ1) is 11.0. The molecule has 0 atom stereocenters. The van der Waals surface area contributed by atoms with Crippen molar-refractivity contribution >= 4 is 33.0 Å². The van der Waals surface area contributed by atoms with Crippen molar-refractivity contribution in [3.05, 3.63) is 39.3 Å². The van der Waals surface area contributed by atoms with Crippen molar-refractivity contribution in [1.29, 1.82) is 0 Å². The first-order valence-electron chi connectivity index (χ1n) is 7.91. The monoisotopic (exact) mass is 332 g/mol. The van der Waals surface area contributed by atoms with Crippen LogP contribution >= 0.6 is 11.3 Å². The normalized spacial score (nSPS) is 21.3. The zero-order chi connectivity index (χ0) is 16.6. The Morgan fingerprint density at radius 3 is 2.61 bits per heavy atom. The van der Waals surface area contributed by atoms with E-state index in [1.165, 1.54) is 36.3 Å². The second-order valence-corrected chi connectivity index (χ2v) is 7.50. The van der Waals surface area contributed by atoms with Crippen molar-refractivity contribution in [2.75, 3.05) is 7.05 Å². The average molecular weight is 332 g/mol. The highest BCUT2D eigenvalue weighted by atomic mass is 32.1. The topological polar surface area (TPSA) is 63.5 Å². The Balaban J connectivity index is 1.81. The van der Waals surface area contributed by atoms with Gasteiger partial charge in [-0.2, -0.15) is 0 Å². The molecule has 23 heavy (non-hydrogen) atoms. The number of non-ortho nitro benzene ring substituents is 1. The van der Waals surface area contributed by atoms with Gasteiger partial charge in [0.2, 0.25) is 0 Å². The van der Waals surface area contributed by atoms with E-state index in [9.17, 15) is 14.9 Å². The highest BCUT2D eigenvalue weighted by Gasteiger charge is 2.26. The number of fused-ring (bicyclic) bond motifs is 1. The Morgan fingerprint density at radius 1 is 1.26 bits per heavy atom. The molecule has 0 bridgehead atoms. The molecule has 3 rings (SSSR count). The summed E-state index contributed by atoms with van der Waals surface area (Å²) in [6, 6.07) is 6.82. The molecule has 1 heterocycles. The Hall–Kier alpha value is -1.95. The molecule has 0 aliphatic heterocycles. The Labute approximate surface area is 139 Å². The minimum atomic E-state index is -0.409. The molecule has 2 aromatic rings. The molecule has 0 saturated heterocycles. The van der Waals surface area contributed by atoms with Crippen LogP contribution in [0.4, 0.5) is 5.69 Å². The summed E-state index contributed by atoms with van der Waals surface area (Å²) < 4.78 is 0.907. The predicted molar refractivity (Wildman–Crippen MR) is 92.0 cm³/mol. The van der Waals surface area contributed by atoms with E-state index in [0.29, 0.717) is 10.9 Å². The molecule has 1 aromatic carbocycles. The minimum Gasteiger partial charge on any atom is -0.338 e. The lowest BCUT2D eigenvalue weighted by atomic mass is 9.87. The lowest BCUT2D eigenvalue weighted by Crippen LogP contribution is -2.38. The van der Waals surface area contributed by atoms with Crippen molar-refractivity contribution in [2.45, 2.75) is 38.6 Å². The Bertz CT molecular complexity index is 747. The fourth-order valence-electron chi connectivity index (χ4n) is 3.22. The average Bonchev–Trinajstić information content (AvgIpc) is 2.97. The molecular weight excluding hydrogens is 312 g/mol. The van der Waals surface area contributed by atoms with Gasteiger partial charge < -0.3 is 4.90 Å². The third-order valence-electron chi connectivity index (χ3n) is 4.77. The number of nitrogens with zero attached hydrogens (tertiary/aromatic N) is 2. The summed E-state index contributed by atoms with van der Waals surface area (Å²) in [5.41, 5.74) is 0.0592. The van der Waals surface area contributed by atoms with Gasteiger partial charge in [-0.1, -0.05) is 6.92 Å². The molecule has 122 valence electrons. The summed E-state index contributed by atoms with van der Waals surface area (Å²) in [7, 11) is 1.87. The Morgan fingerprint density at radius 2 is 1.96 bits per heavy atom. The predicted octanol–water partition coefficient (Wildman–Crippen LogP) is 4.46. The number of nitro groups is 1. The van der Waals surface area contributed by atoms with Gasteiger partial charge in [0.15, 0.2) is 0 Å². The minimum absolute atomic E-state index is 0.0217. The van der Waals surface area contributed by atoms with Gasteiger partial charge in [0.05, 0.1) is 9.80 Å². The van der Waals surface area contributed by atoms with Crippen LogP contribution in [0, 0.1) is 16.0 Å². The highest BCUT2D eigenvalue weighted by molar-refractivity contribution is 7.20. The van der Waals surface area contributed by atoms with Crippen molar-refractivity contribution in [2.24, 2.45) is 5.92 Å². The zero-order valence-electron chi connectivity index (χ0n) is 13.3. The van der Waals surface area contributed by atoms with E-state index in [2.05, 4.69) is 6.92 Å². The lowest BCUT2D eigenvalue weighted by molar-refractivity contribution is -0.384. The van der Waals surface area contributed by atoms with Crippen molar-refractivity contribution in [3.8, 4) is 0 Å². The van der Waals surface area contributed by atoms with Crippen LogP contribution in [0.1, 0.15) is 42.3 Å². The molecule has 1 fully saturated rings. The zero-order valence-corrected chi connectivity index (χ0v) is 14.1. The van der Waals surface area contributed by atoms with Gasteiger partial charge in [-0.25, -0.2) is 0 Å². The number of rotatable bonds is 3. The van der Waals surface area contributed by atoms with E-state index >= 15 is 0 Å². The second kappa shape index (κ2) is 6.28. The van der Waals surface area contributed by atoms with E-state index in [1.54, 1.807) is 12.1 Å². The molecule has 0 unspecified atom stereocenters. The largest absolute Gasteiger partial charge is 0.338 e. The van der Waals surface area contributed by atoms with E-state index in [4.69, 9.17) is 0 Å². The second-order valence-electron chi connectivity index (χ2n) is 6.42. The molecule has 0 N–H and O–H groups in total. The van der Waals surface area contributed by atoms with Gasteiger partial charge in [0, 0.05) is 35.3 Å². The fraction of sp³-hybridized carbons (Fsp3) is 0.471. The summed E-state index contributed by atoms with van der Waals surface area (Å²) in [4.78, 5) is 25.7. The summed E-state index contributed by atoms with van der Waals surface area (Å²) >= 11 is 1.40. The van der Waals surface area contributed by atoms with Crippen molar-refractivity contribution in [1.82, 2.24) is 4.90 Å². The number of thiophene rings is 1. The van der Waals surface area contributed by atoms with Crippen molar-refractivity contribution in [3.63, 3.8) is 0 Å². The molecule has 1 aliphatic rings. The van der Waals surface area contributed by atoms with Gasteiger partial charge >= 0.3 is 0 Å². The number of nitro benzene ring substituents is 1. The number of amides is 1. The molecule has 6 heteroatoms. The van der Waals surface area contributed by atoms with Gasteiger partial charge in [-0.05, 0) is 43.7 Å². The van der Waals surface area contributed by atoms with Crippen LogP contribution < -0.4 is 0 Å². The summed E-state index contributed by atoms with van der Waals surface area (Å²) in [5.74, 6) is 0.771. The SMILES string of the molecule is CC1CCC(N(C)C(=O)c2cc3cc([N+](=O)[O-])ccc3s2)CC1. The standard InChI is InChI=1S/C17H20N2O3S/c1-11-3-5-13(6-4-11)18(2)17(20)16-10-12-9-14(19(21)22)7-8-15(12)23-16/h7-11,13H,3-6H2,1-2H3. The first kappa shape index (κ1) is 15.9. The summed E-state index contributed by atoms with van der Waals surface area (Å²) in [6.45, 7) is 2.26. The number of carbonyl (C=O) groups is 1. The van der Waals surface area contributed by atoms with Gasteiger partial charge in [-0.3, -0.25) is 14.9 Å². The van der Waals surface area contributed by atoms with Crippen LogP contribution in [-0.2, 0) is 0 Å². The van der Waals surface area contributed by atoms with Crippen LogP contribution in [0.5, 0.6) is 0 Å². The van der Waals surface area contributed by atoms with Crippen molar-refractivity contribution < 1.29 is 9.72 Å². The van der Waals surface area contributed by atoms with Gasteiger partial charge in [0.1, 0.15) is 0 Å². The number of benzene rings is 1. The first-order valence-corrected chi connectivity index (χ1v) is 8.72. The van der Waals surface area contributed by atoms with Crippen LogP contribution in [0.25, 0.3) is 10.1 Å². The smallest absolute Gasteiger partial charge is 0.270 e. The van der Waals surface area contributed by atoms with E-state index in [-0.39, 0.29) is 11.6 Å². The van der Waals surface area contributed by atoms with Crippen LogP contribution in [0.3, 0.4) is 0 Å². The van der Waals surface area contributed by atoms with Gasteiger partial charge in [-0.15, -0.1) is 11.3 Å². The summed E-state index contributed by atoms with van der Waals surface area (Å²) in [5, 5.41) is 11.6. The van der Waals surface area contributed by atoms with Crippen LogP contribution in [-0.4, -0.2) is 28.8 Å². The third kappa shape index (κ3) is 3.22. The maximum Gasteiger partial charge on any atom is 0.270 e. The fourth-order valence-corrected chi connectivity index (χ4v) is 4.25. The molecule has 1 aliphatic carbocycles. The molecule has 0 spiro atoms. The summed E-state index contributed by atoms with van der Waals surface area (Å²) in [6.07, 6.45) is 4.45. The van der Waals surface area contributed by atoms with Crippen LogP contribution in [0.15, 0.2) is 24.3 Å². The quantitative estimate of drug-likeness (QED) is 0.616. The Kier molecular flexibility index (Phi) is 4.35. The molecule has 1 saturated carbocycles. The molecular formula is C17H20N2O3S.